The first-order valence-corrected chi connectivity index (χ1v) is 34.7. The number of azo groups is 2. The molecule has 10 aromatic rings. The fraction of sp³-hybridized carbons (Fsp3) is 0. The Morgan fingerprint density at radius 3 is 1.42 bits per heavy atom. The van der Waals surface area contributed by atoms with E-state index in [1.807, 2.05) is 0 Å². The monoisotopic (exact) mass is 1530 g/mol. The zero-order valence-corrected chi connectivity index (χ0v) is 55.0. The average Bonchev–Trinajstić information content (AvgIpc) is 0.747. The molecule has 48 heteroatoms. The molecule has 4 heterocycles. The van der Waals surface area contributed by atoms with E-state index in [9.17, 15) is 85.6 Å². The van der Waals surface area contributed by atoms with E-state index in [1.165, 1.54) is 65.5 Å². The minimum Gasteiger partial charge on any atom is -0.505 e. The molecular weight excluding hydrogens is 1490 g/mol. The number of halogens is 2. The van der Waals surface area contributed by atoms with Gasteiger partial charge in [0.15, 0.2) is 17.2 Å². The van der Waals surface area contributed by atoms with E-state index in [4.69, 9.17) is 38.4 Å². The Balaban J connectivity index is 1.05. The molecule has 0 fully saturated rings. The summed E-state index contributed by atoms with van der Waals surface area (Å²) < 4.78 is 177. The van der Waals surface area contributed by atoms with Gasteiger partial charge in [0.25, 0.3) is 40.5 Å². The van der Waals surface area contributed by atoms with Gasteiger partial charge in [-0.15, -0.1) is 34.8 Å². The maximum absolute atomic E-state index is 13.1. The van der Waals surface area contributed by atoms with Crippen molar-refractivity contribution in [3.8, 4) is 23.4 Å². The lowest BCUT2D eigenvalue weighted by Crippen LogP contribution is -2.34. The molecule has 0 spiro atoms. The largest absolute Gasteiger partial charge is 0.505 e. The Kier molecular flexibility index (Phi) is 20.8. The molecule has 0 radical (unpaired) electrons. The summed E-state index contributed by atoms with van der Waals surface area (Å²) in [6.07, 6.45) is 4.95. The number of aromatic carboxylic acids is 2. The van der Waals surface area contributed by atoms with Gasteiger partial charge in [0.05, 0.1) is 74.0 Å². The molecule has 0 saturated carbocycles. The number of nitrogens with one attached hydrogen (secondary N) is 4. The van der Waals surface area contributed by atoms with E-state index in [0.29, 0.717) is 18.1 Å². The van der Waals surface area contributed by atoms with Crippen LogP contribution in [-0.4, -0.2) is 123 Å². The van der Waals surface area contributed by atoms with E-state index < -0.39 is 146 Å². The van der Waals surface area contributed by atoms with Crippen molar-refractivity contribution in [3.05, 3.63) is 155 Å². The number of phenols is 1. The van der Waals surface area contributed by atoms with Crippen LogP contribution in [0.2, 0.25) is 10.0 Å². The first-order valence-electron chi connectivity index (χ1n) is 26.4. The highest BCUT2D eigenvalue weighted by Gasteiger charge is 2.30. The van der Waals surface area contributed by atoms with Gasteiger partial charge in [0.2, 0.25) is 0 Å². The zero-order valence-electron chi connectivity index (χ0n) is 48.6. The third kappa shape index (κ3) is 17.0. The fourth-order valence-corrected chi connectivity index (χ4v) is 12.5. The number of hydrogen-bond acceptors (Lipinski definition) is 32. The predicted molar refractivity (Wildman–Crippen MR) is 345 cm³/mol. The van der Waals surface area contributed by atoms with Crippen LogP contribution >= 0.6 is 35.2 Å². The summed E-state index contributed by atoms with van der Waals surface area (Å²) >= 11 is 9.44. The highest BCUT2D eigenvalue weighted by Crippen LogP contribution is 2.50. The van der Waals surface area contributed by atoms with Gasteiger partial charge < -0.3 is 46.5 Å². The quantitative estimate of drug-likeness (QED) is 0.00372. The SMILES string of the molecule is Nc1c(N=Nc2cc(Nc3nc(Nc4ccc(Cl)c(SOOO)c4)nc(-[n+]4cccc(C(=O)O)c4)n3)ccc2S(=O)(=O)O)c(OS(=O)O)cc2cc(S(=O)(=O)O)c(N=Nc3cc(Nc4nc(Nc5ccc(Cl)c(S(=O)(=O)O)c5)nc(-[n+]5cccc(C(=O)O)c5)n4)ccc3S(=O)(=O)O)c(O)c12. The molecule has 0 aliphatic carbocycles. The summed E-state index contributed by atoms with van der Waals surface area (Å²) in [5.41, 5.74) is 1.23. The van der Waals surface area contributed by atoms with Crippen molar-refractivity contribution in [2.45, 2.75) is 24.5 Å². The molecule has 0 aliphatic rings. The van der Waals surface area contributed by atoms with Gasteiger partial charge in [-0.25, -0.2) is 24.0 Å². The molecule has 0 bridgehead atoms. The van der Waals surface area contributed by atoms with Crippen LogP contribution in [-0.2, 0) is 61.2 Å². The lowest BCUT2D eigenvalue weighted by Gasteiger charge is -2.14. The van der Waals surface area contributed by atoms with Crippen LogP contribution in [0.15, 0.2) is 179 Å². The fourth-order valence-electron chi connectivity index (χ4n) is 8.67. The van der Waals surface area contributed by atoms with E-state index >= 15 is 0 Å². The molecule has 15 N–H and O–H groups in total. The van der Waals surface area contributed by atoms with Crippen molar-refractivity contribution in [3.63, 3.8) is 0 Å². The number of nitrogens with two attached hydrogens (primary N) is 1. The van der Waals surface area contributed by atoms with Crippen LogP contribution in [0.4, 0.5) is 75.0 Å². The van der Waals surface area contributed by atoms with Crippen molar-refractivity contribution in [1.29, 1.82) is 0 Å². The van der Waals surface area contributed by atoms with E-state index in [-0.39, 0.29) is 72.6 Å². The molecule has 1 atom stereocenters. The maximum atomic E-state index is 13.1. The number of rotatable bonds is 25. The highest BCUT2D eigenvalue weighted by atomic mass is 35.5. The number of aromatic nitrogens is 8. The minimum atomic E-state index is -5.59. The topological polar surface area (TPSA) is 606 Å². The van der Waals surface area contributed by atoms with Gasteiger partial charge in [-0.05, 0) is 135 Å². The molecule has 100 heavy (non-hydrogen) atoms. The summed E-state index contributed by atoms with van der Waals surface area (Å²) in [6.45, 7) is 0. The number of carbonyl (C=O) groups is 2. The minimum absolute atomic E-state index is 0.0890. The highest BCUT2D eigenvalue weighted by molar-refractivity contribution is 7.94. The Hall–Kier alpha value is -10.8. The van der Waals surface area contributed by atoms with E-state index in [1.54, 1.807) is 0 Å². The van der Waals surface area contributed by atoms with Crippen LogP contribution in [0.1, 0.15) is 20.7 Å². The second kappa shape index (κ2) is 29.0. The number of pyridine rings is 2. The average molecular weight is 1530 g/mol. The standard InChI is InChI=1S/C52H35Cl2N17O23S6/c53-30-9-5-28(19-35(30)95-94-93-77)58-49-60-47(62-51(64-49)70-13-1-3-23(21-70)45(73)74)56-26-7-11-36(97(80,81)82)32(17-26)66-68-42-34(92-96(78)79)15-25-16-39(100(89,90)91)43(44(72)40(25)41(42)55)69-67-33-18-27(8-12-37(33)98(83,84)85)57-48-61-50(59-29-6-10-31(54)38(20-29)99(86,87)88)65-52(63-48)71-14-2-4-24(22-71)46(75)76/h1-22H,(H13-2,55,56,57,58,59,60,61,62,63,64,65,66,67,72,73,74,75,76,77,78,79,80,81,82,83,84,85,86,87,88,89,90,91)/p+2. The Bertz CT molecular complexity index is 5620. The molecular formula is C52H37Cl2N17O23S6+2. The number of fused-ring (bicyclic) bond motifs is 1. The summed E-state index contributed by atoms with van der Waals surface area (Å²) in [6, 6.07) is 19.5. The van der Waals surface area contributed by atoms with E-state index in [2.05, 4.69) is 81.0 Å². The molecule has 516 valence electrons. The van der Waals surface area contributed by atoms with Crippen molar-refractivity contribution in [2.24, 2.45) is 20.5 Å². The van der Waals surface area contributed by atoms with Gasteiger partial charge in [-0.2, -0.15) is 37.9 Å². The van der Waals surface area contributed by atoms with Crippen molar-refractivity contribution >= 4 is 185 Å². The van der Waals surface area contributed by atoms with Crippen LogP contribution in [0.5, 0.6) is 11.5 Å². The van der Waals surface area contributed by atoms with E-state index in [0.717, 1.165) is 71.6 Å². The van der Waals surface area contributed by atoms with Crippen LogP contribution < -0.4 is 40.3 Å². The predicted octanol–water partition coefficient (Wildman–Crippen LogP) is 8.49. The van der Waals surface area contributed by atoms with Crippen LogP contribution in [0.3, 0.4) is 0 Å². The van der Waals surface area contributed by atoms with Gasteiger partial charge in [0.1, 0.15) is 36.6 Å². The van der Waals surface area contributed by atoms with Gasteiger partial charge in [0, 0.05) is 22.7 Å². The Morgan fingerprint density at radius 1 is 0.550 bits per heavy atom. The second-order valence-corrected chi connectivity index (χ2v) is 27.2. The molecule has 4 aromatic heterocycles. The number of phenolic OH excluding ortho intramolecular Hbond substituents is 1. The molecule has 10 rings (SSSR count). The van der Waals surface area contributed by atoms with Crippen molar-refractivity contribution < 1.29 is 113 Å². The lowest BCUT2D eigenvalue weighted by atomic mass is 10.0. The molecule has 6 aromatic carbocycles. The molecule has 0 aliphatic heterocycles. The Morgan fingerprint density at radius 2 is 0.980 bits per heavy atom. The number of benzene rings is 6. The number of aromatic hydroxyl groups is 1. The second-order valence-electron chi connectivity index (χ2n) is 19.5. The summed E-state index contributed by atoms with van der Waals surface area (Å²) in [5.74, 6) is -6.92. The Labute approximate surface area is 575 Å². The molecule has 0 amide bonds. The maximum Gasteiger partial charge on any atom is 0.444 e. The molecule has 40 nitrogen and oxygen atoms in total. The van der Waals surface area contributed by atoms with Gasteiger partial charge in [-0.1, -0.05) is 28.2 Å². The number of nitrogen functional groups attached to an aromatic ring is 1. The van der Waals surface area contributed by atoms with Gasteiger partial charge in [-0.3, -0.25) is 22.8 Å². The third-order valence-corrected chi connectivity index (χ3v) is 18.3. The summed E-state index contributed by atoms with van der Waals surface area (Å²) in [7, 11) is -21.1. The molecule has 0 saturated heterocycles. The summed E-state index contributed by atoms with van der Waals surface area (Å²) in [4.78, 5) is 45.8. The molecule has 1 unspecified atom stereocenters. The normalized spacial score (nSPS) is 12.4. The summed E-state index contributed by atoms with van der Waals surface area (Å²) in [5, 5.41) is 68.7. The van der Waals surface area contributed by atoms with Crippen molar-refractivity contribution in [2.75, 3.05) is 27.0 Å². The van der Waals surface area contributed by atoms with Gasteiger partial charge >= 0.3 is 59.0 Å². The smallest absolute Gasteiger partial charge is 0.444 e. The number of carboxylic acid groups (broad SMARTS) is 2. The van der Waals surface area contributed by atoms with Crippen LogP contribution in [0.25, 0.3) is 22.7 Å². The first kappa shape index (κ1) is 72.0. The lowest BCUT2D eigenvalue weighted by molar-refractivity contribution is -0.604. The third-order valence-electron chi connectivity index (χ3n) is 12.9. The number of carboxylic acids is 2. The zero-order chi connectivity index (χ0) is 72.3. The number of nitrogens with zero attached hydrogens (tertiary/aromatic N) is 12. The van der Waals surface area contributed by atoms with Crippen LogP contribution in [0, 0.1) is 0 Å². The number of hydrogen-bond donors (Lipinski definition) is 14. The first-order chi connectivity index (χ1) is 47.1. The number of anilines is 9. The van der Waals surface area contributed by atoms with Crippen molar-refractivity contribution in [1.82, 2.24) is 29.9 Å².